The van der Waals surface area contributed by atoms with Gasteiger partial charge in [0.05, 0.1) is 6.61 Å². The maximum absolute atomic E-state index is 12.1. The van der Waals surface area contributed by atoms with E-state index in [9.17, 15) is 4.79 Å². The second-order valence-corrected chi connectivity index (χ2v) is 6.71. The largest absolute Gasteiger partial charge is 0.493 e. The van der Waals surface area contributed by atoms with Crippen molar-refractivity contribution in [3.8, 4) is 5.75 Å². The number of hydrogen-bond acceptors (Lipinski definition) is 2. The van der Waals surface area contributed by atoms with Gasteiger partial charge in [0.25, 0.3) is 0 Å². The van der Waals surface area contributed by atoms with Crippen LogP contribution in [0.1, 0.15) is 34.0 Å². The molecule has 3 aromatic rings. The lowest BCUT2D eigenvalue weighted by atomic mass is 10.1. The van der Waals surface area contributed by atoms with Gasteiger partial charge in [-0.15, -0.1) is 0 Å². The Bertz CT molecular complexity index is 950. The Morgan fingerprint density at radius 3 is 2.21 bits per heavy atom. The summed E-state index contributed by atoms with van der Waals surface area (Å²) in [4.78, 5) is 12.1. The molecule has 28 heavy (non-hydrogen) atoms. The molecule has 0 unspecified atom stereocenters. The molecule has 0 saturated heterocycles. The van der Waals surface area contributed by atoms with Gasteiger partial charge in [0, 0.05) is 12.0 Å². The number of carbonyl (C=O) groups excluding carboxylic acids is 1. The van der Waals surface area contributed by atoms with E-state index >= 15 is 0 Å². The van der Waals surface area contributed by atoms with Gasteiger partial charge >= 0.3 is 0 Å². The molecule has 2 nitrogen and oxygen atoms in total. The third kappa shape index (κ3) is 5.55. The van der Waals surface area contributed by atoms with Crippen LogP contribution in [0.25, 0.3) is 11.6 Å². The molecular weight excluding hydrogens is 344 g/mol. The van der Waals surface area contributed by atoms with Crippen LogP contribution < -0.4 is 4.74 Å². The van der Waals surface area contributed by atoms with Gasteiger partial charge in [-0.3, -0.25) is 4.79 Å². The van der Waals surface area contributed by atoms with Crippen molar-refractivity contribution < 1.29 is 9.53 Å². The second-order valence-electron chi connectivity index (χ2n) is 6.71. The van der Waals surface area contributed by atoms with Crippen molar-refractivity contribution in [3.63, 3.8) is 0 Å². The Morgan fingerprint density at radius 1 is 0.893 bits per heavy atom. The first-order chi connectivity index (χ1) is 13.6. The topological polar surface area (TPSA) is 26.3 Å². The van der Waals surface area contributed by atoms with E-state index in [4.69, 9.17) is 4.74 Å². The number of ketones is 1. The van der Waals surface area contributed by atoms with Gasteiger partial charge in [0.1, 0.15) is 5.75 Å². The zero-order valence-electron chi connectivity index (χ0n) is 16.1. The lowest BCUT2D eigenvalue weighted by Gasteiger charge is -2.07. The van der Waals surface area contributed by atoms with Crippen molar-refractivity contribution in [2.45, 2.75) is 13.3 Å². The van der Waals surface area contributed by atoms with Crippen molar-refractivity contribution in [2.24, 2.45) is 0 Å². The normalized spacial score (nSPS) is 10.8. The third-order valence-electron chi connectivity index (χ3n) is 4.47. The number of benzene rings is 3. The van der Waals surface area contributed by atoms with Gasteiger partial charge in [0.15, 0.2) is 5.78 Å². The minimum atomic E-state index is -0.00130. The Hall–Kier alpha value is -3.39. The highest BCUT2D eigenvalue weighted by Gasteiger charge is 2.00. The number of ether oxygens (including phenoxy) is 1. The highest BCUT2D eigenvalue weighted by atomic mass is 16.5. The average Bonchev–Trinajstić information content (AvgIpc) is 2.74. The SMILES string of the molecule is C=C(C)c1ccc(CCOc2ccc(/C=C/C(=O)c3ccccc3)cc2)cc1. The zero-order valence-corrected chi connectivity index (χ0v) is 16.1. The minimum Gasteiger partial charge on any atom is -0.493 e. The lowest BCUT2D eigenvalue weighted by molar-refractivity contribution is 0.104. The van der Waals surface area contributed by atoms with Crippen LogP contribution in [0.2, 0.25) is 0 Å². The predicted octanol–water partition coefficient (Wildman–Crippen LogP) is 6.24. The number of carbonyl (C=O) groups is 1. The first kappa shape index (κ1) is 19.4. The van der Waals surface area contributed by atoms with Crippen molar-refractivity contribution >= 4 is 17.4 Å². The maximum atomic E-state index is 12.1. The Kier molecular flexibility index (Phi) is 6.59. The molecule has 0 aliphatic heterocycles. The molecule has 0 aliphatic carbocycles. The van der Waals surface area contributed by atoms with Crippen LogP contribution in [0, 0.1) is 0 Å². The van der Waals surface area contributed by atoms with E-state index < -0.39 is 0 Å². The summed E-state index contributed by atoms with van der Waals surface area (Å²) in [5.74, 6) is 0.823. The molecule has 0 N–H and O–H groups in total. The van der Waals surface area contributed by atoms with E-state index in [1.54, 1.807) is 6.08 Å². The number of hydrogen-bond donors (Lipinski definition) is 0. The Morgan fingerprint density at radius 2 is 1.57 bits per heavy atom. The average molecular weight is 368 g/mol. The molecule has 0 aromatic heterocycles. The molecule has 0 radical (unpaired) electrons. The van der Waals surface area contributed by atoms with Crippen molar-refractivity contribution in [1.29, 1.82) is 0 Å². The highest BCUT2D eigenvalue weighted by molar-refractivity contribution is 6.06. The summed E-state index contributed by atoms with van der Waals surface area (Å²) in [6, 6.07) is 25.4. The van der Waals surface area contributed by atoms with Crippen LogP contribution in [0.4, 0.5) is 0 Å². The molecule has 2 heteroatoms. The van der Waals surface area contributed by atoms with E-state index in [0.717, 1.165) is 23.3 Å². The quantitative estimate of drug-likeness (QED) is 0.348. The van der Waals surface area contributed by atoms with Crippen molar-refractivity contribution in [3.05, 3.63) is 114 Å². The smallest absolute Gasteiger partial charge is 0.185 e. The minimum absolute atomic E-state index is 0.00130. The monoisotopic (exact) mass is 368 g/mol. The molecule has 3 aromatic carbocycles. The summed E-state index contributed by atoms with van der Waals surface area (Å²) in [5, 5.41) is 0. The summed E-state index contributed by atoms with van der Waals surface area (Å²) in [6.45, 7) is 6.58. The molecule has 140 valence electrons. The molecule has 0 atom stereocenters. The molecule has 0 amide bonds. The van der Waals surface area contributed by atoms with Gasteiger partial charge in [-0.05, 0) is 41.8 Å². The fourth-order valence-electron chi connectivity index (χ4n) is 2.79. The van der Waals surface area contributed by atoms with Crippen LogP contribution >= 0.6 is 0 Å². The number of allylic oxidation sites excluding steroid dienone is 2. The lowest BCUT2D eigenvalue weighted by Crippen LogP contribution is -2.01. The van der Waals surface area contributed by atoms with E-state index in [2.05, 4.69) is 30.8 Å². The summed E-state index contributed by atoms with van der Waals surface area (Å²) in [6.07, 6.45) is 4.27. The summed E-state index contributed by atoms with van der Waals surface area (Å²) >= 11 is 0. The molecule has 0 bridgehead atoms. The fraction of sp³-hybridized carbons (Fsp3) is 0.115. The van der Waals surface area contributed by atoms with Gasteiger partial charge in [0.2, 0.25) is 0 Å². The first-order valence-corrected chi connectivity index (χ1v) is 9.37. The molecule has 0 spiro atoms. The predicted molar refractivity (Wildman–Crippen MR) is 117 cm³/mol. The van der Waals surface area contributed by atoms with E-state index in [-0.39, 0.29) is 5.78 Å². The van der Waals surface area contributed by atoms with E-state index in [1.165, 1.54) is 11.1 Å². The van der Waals surface area contributed by atoms with E-state index in [1.807, 2.05) is 67.6 Å². The molecule has 0 heterocycles. The molecule has 0 fully saturated rings. The summed E-state index contributed by atoms with van der Waals surface area (Å²) in [7, 11) is 0. The standard InChI is InChI=1S/C26H24O2/c1-20(2)23-13-8-22(9-14-23)18-19-28-25-15-10-21(11-16-25)12-17-26(27)24-6-4-3-5-7-24/h3-17H,1,18-19H2,2H3/b17-12+. The Balaban J connectivity index is 1.49. The summed E-state index contributed by atoms with van der Waals surface area (Å²) in [5.41, 5.74) is 5.13. The van der Waals surface area contributed by atoms with Gasteiger partial charge in [-0.2, -0.15) is 0 Å². The highest BCUT2D eigenvalue weighted by Crippen LogP contribution is 2.16. The first-order valence-electron chi connectivity index (χ1n) is 9.37. The second kappa shape index (κ2) is 9.52. The molecule has 0 aliphatic rings. The fourth-order valence-corrected chi connectivity index (χ4v) is 2.79. The Labute approximate surface area is 166 Å². The van der Waals surface area contributed by atoms with Gasteiger partial charge in [-0.25, -0.2) is 0 Å². The maximum Gasteiger partial charge on any atom is 0.185 e. The van der Waals surface area contributed by atoms with Gasteiger partial charge in [-0.1, -0.05) is 85.0 Å². The zero-order chi connectivity index (χ0) is 19.8. The van der Waals surface area contributed by atoms with Crippen LogP contribution in [0.15, 0.2) is 91.5 Å². The molecule has 3 rings (SSSR count). The molecule has 0 saturated carbocycles. The van der Waals surface area contributed by atoms with Gasteiger partial charge < -0.3 is 4.74 Å². The van der Waals surface area contributed by atoms with E-state index in [0.29, 0.717) is 12.2 Å². The third-order valence-corrected chi connectivity index (χ3v) is 4.47. The van der Waals surface area contributed by atoms with Crippen LogP contribution in [-0.4, -0.2) is 12.4 Å². The van der Waals surface area contributed by atoms with Crippen LogP contribution in [-0.2, 0) is 6.42 Å². The van der Waals surface area contributed by atoms with Crippen molar-refractivity contribution in [2.75, 3.05) is 6.61 Å². The molecular formula is C26H24O2. The summed E-state index contributed by atoms with van der Waals surface area (Å²) < 4.78 is 5.83. The van der Waals surface area contributed by atoms with Crippen molar-refractivity contribution in [1.82, 2.24) is 0 Å². The number of rotatable bonds is 8. The van der Waals surface area contributed by atoms with Crippen LogP contribution in [0.5, 0.6) is 5.75 Å². The van der Waals surface area contributed by atoms with Crippen LogP contribution in [0.3, 0.4) is 0 Å².